The Morgan fingerprint density at radius 2 is 0.624 bits per heavy atom. The molecule has 0 N–H and O–H groups in total. The van der Waals surface area contributed by atoms with Gasteiger partial charge >= 0.3 is 0 Å². The predicted molar refractivity (Wildman–Crippen MR) is 366 cm³/mol. The lowest BCUT2D eigenvalue weighted by atomic mass is 9.35. The average molecular weight is 1220 g/mol. The van der Waals surface area contributed by atoms with Crippen LogP contribution in [0.3, 0.4) is 0 Å². The fourth-order valence-corrected chi connectivity index (χ4v) is 14.6. The van der Waals surface area contributed by atoms with E-state index in [0.717, 1.165) is 93.6 Å². The third kappa shape index (κ3) is 8.62. The zero-order chi connectivity index (χ0) is 62.9. The van der Waals surface area contributed by atoms with E-state index in [4.69, 9.17) is 0 Å². The second-order valence-corrected chi connectivity index (χ2v) is 23.7. The van der Waals surface area contributed by atoms with E-state index < -0.39 is 41.3 Å². The minimum Gasteiger partial charge on any atom is -0.309 e. The topological polar surface area (TPSA) is 53.9 Å². The highest BCUT2D eigenvalue weighted by Gasteiger charge is 2.35. The summed E-state index contributed by atoms with van der Waals surface area (Å²) >= 11 is 0. The van der Waals surface area contributed by atoms with Crippen molar-refractivity contribution in [1.82, 2.24) is 18.3 Å². The lowest BCUT2D eigenvalue weighted by Crippen LogP contribution is -2.57. The summed E-state index contributed by atoms with van der Waals surface area (Å²) < 4.78 is 90.7. The number of hydrogen-bond acceptors (Lipinski definition) is 2. The molecular weight excluding hydrogens is 1170 g/mol. The van der Waals surface area contributed by atoms with E-state index in [1.54, 1.807) is 42.5 Å². The molecule has 17 rings (SSSR count). The zero-order valence-electron chi connectivity index (χ0n) is 49.6. The molecule has 0 aliphatic rings. The van der Waals surface area contributed by atoms with Crippen molar-refractivity contribution in [2.75, 3.05) is 0 Å². The molecule has 93 heavy (non-hydrogen) atoms. The molecule has 0 saturated heterocycles. The molecule has 12 heteroatoms. The molecule has 6 nitrogen and oxygen atoms in total. The number of benzene rings is 13. The molecular formula is C81H48BF5N4O2. The quantitative estimate of drug-likeness (QED) is 0.0736. The second kappa shape index (κ2) is 21.4. The first-order chi connectivity index (χ1) is 45.5. The van der Waals surface area contributed by atoms with Gasteiger partial charge in [0, 0.05) is 112 Å². The number of aryl methyl sites for hydroxylation is 1. The zero-order valence-corrected chi connectivity index (χ0v) is 49.6. The normalized spacial score (nSPS) is 11.8. The van der Waals surface area contributed by atoms with Crippen molar-refractivity contribution >= 4 is 122 Å². The monoisotopic (exact) mass is 1210 g/mol. The molecule has 0 aliphatic carbocycles. The maximum atomic E-state index is 17.2. The van der Waals surface area contributed by atoms with Gasteiger partial charge in [0.2, 0.25) is 0 Å². The van der Waals surface area contributed by atoms with Crippen LogP contribution in [0.2, 0.25) is 0 Å². The number of hydrogen-bond donors (Lipinski definition) is 0. The highest BCUT2D eigenvalue weighted by molar-refractivity contribution is 6.96. The van der Waals surface area contributed by atoms with Gasteiger partial charge in [-0.05, 0) is 134 Å². The van der Waals surface area contributed by atoms with Gasteiger partial charge in [0.25, 0.3) is 6.71 Å². The number of para-hydroxylation sites is 4. The molecule has 0 fully saturated rings. The number of rotatable bonds is 11. The van der Waals surface area contributed by atoms with E-state index in [2.05, 4.69) is 54.7 Å². The van der Waals surface area contributed by atoms with E-state index >= 15 is 22.0 Å². The summed E-state index contributed by atoms with van der Waals surface area (Å²) in [5, 5.41) is 6.76. The average Bonchev–Trinajstić information content (AvgIpc) is 1.56. The van der Waals surface area contributed by atoms with Crippen LogP contribution in [-0.2, 0) is 0 Å². The fourth-order valence-electron chi connectivity index (χ4n) is 14.6. The first-order valence-corrected chi connectivity index (χ1v) is 30.5. The molecule has 0 saturated carbocycles. The van der Waals surface area contributed by atoms with Gasteiger partial charge in [0.1, 0.15) is 29.1 Å². The number of carbonyl (C=O) groups excluding carboxylic acids is 2. The Balaban J connectivity index is 1.02. The summed E-state index contributed by atoms with van der Waals surface area (Å²) in [6.07, 6.45) is 0. The van der Waals surface area contributed by atoms with Crippen LogP contribution >= 0.6 is 0 Å². The largest absolute Gasteiger partial charge is 0.309 e. The lowest BCUT2D eigenvalue weighted by molar-refractivity contribution is 0.103. The minimum atomic E-state index is -1.65. The molecule has 442 valence electrons. The van der Waals surface area contributed by atoms with E-state index in [1.807, 2.05) is 170 Å². The van der Waals surface area contributed by atoms with Crippen molar-refractivity contribution in [2.45, 2.75) is 6.92 Å². The number of halogens is 5. The van der Waals surface area contributed by atoms with Crippen molar-refractivity contribution in [2.24, 2.45) is 0 Å². The van der Waals surface area contributed by atoms with Crippen molar-refractivity contribution in [3.8, 4) is 22.7 Å². The molecule has 0 unspecified atom stereocenters. The molecule has 0 aliphatic heterocycles. The Morgan fingerprint density at radius 3 is 1.04 bits per heavy atom. The van der Waals surface area contributed by atoms with E-state index in [9.17, 15) is 9.59 Å². The van der Waals surface area contributed by atoms with Crippen molar-refractivity contribution in [3.05, 3.63) is 330 Å². The molecule has 0 radical (unpaired) electrons. The first-order valence-electron chi connectivity index (χ1n) is 30.5. The summed E-state index contributed by atoms with van der Waals surface area (Å²) in [6.45, 7) is -0.159. The van der Waals surface area contributed by atoms with E-state index in [1.165, 1.54) is 6.92 Å². The first kappa shape index (κ1) is 55.2. The summed E-state index contributed by atoms with van der Waals surface area (Å²) in [6, 6.07) is 82.7. The summed E-state index contributed by atoms with van der Waals surface area (Å²) in [5.41, 5.74) is 10.6. The summed E-state index contributed by atoms with van der Waals surface area (Å²) in [5.74, 6) is -5.98. The fraction of sp³-hybridized carbons (Fsp3) is 0.0123. The molecule has 0 spiro atoms. The van der Waals surface area contributed by atoms with Gasteiger partial charge < -0.3 is 18.3 Å². The molecule has 13 aromatic carbocycles. The standard InChI is InChI=1S/C81H48BF5N4O2/c1-47-38-53(83)43-63(85)78(47)82(79-64(86)44-54(84)45-65(79)87)52-41-57(90-67-29-17-15-27-60(67)75-71(90)35-36-72-76(75)61-39-50(80(92)48-18-6-2-7-19-48)30-32-68(61)89(72)56-24-12-5-13-25-56)46-58(42-52)91-69-33-31-51(81(93)49-20-8-3-9-21-49)40-62(69)77-73(91)37-34-70-74(77)59-26-14-16-28-66(59)88(70)55-22-10-4-11-23-55/h2-46H,1H3. The molecule has 4 aromatic heterocycles. The van der Waals surface area contributed by atoms with Crippen LogP contribution < -0.4 is 16.4 Å². The van der Waals surface area contributed by atoms with Crippen LogP contribution in [0.5, 0.6) is 0 Å². The number of aromatic nitrogens is 4. The Bertz CT molecular complexity index is 5890. The van der Waals surface area contributed by atoms with Gasteiger partial charge in [-0.25, -0.2) is 22.0 Å². The second-order valence-electron chi connectivity index (χ2n) is 23.7. The van der Waals surface area contributed by atoms with Crippen LogP contribution in [0.15, 0.2) is 273 Å². The van der Waals surface area contributed by atoms with Gasteiger partial charge in [-0.3, -0.25) is 9.59 Å². The third-order valence-corrected chi connectivity index (χ3v) is 18.5. The van der Waals surface area contributed by atoms with Crippen LogP contribution in [0.25, 0.3) is 110 Å². The van der Waals surface area contributed by atoms with Crippen LogP contribution in [0.1, 0.15) is 37.4 Å². The van der Waals surface area contributed by atoms with E-state index in [-0.39, 0.29) is 28.1 Å². The number of fused-ring (bicyclic) bond motifs is 14. The van der Waals surface area contributed by atoms with Crippen molar-refractivity contribution < 1.29 is 31.5 Å². The van der Waals surface area contributed by atoms with Gasteiger partial charge in [0.05, 0.1) is 44.1 Å². The smallest absolute Gasteiger partial charge is 0.253 e. The van der Waals surface area contributed by atoms with Crippen LogP contribution in [-0.4, -0.2) is 36.5 Å². The summed E-state index contributed by atoms with van der Waals surface area (Å²) in [4.78, 5) is 29.1. The van der Waals surface area contributed by atoms with Gasteiger partial charge in [-0.15, -0.1) is 0 Å². The molecule has 0 atom stereocenters. The Morgan fingerprint density at radius 1 is 0.290 bits per heavy atom. The highest BCUT2D eigenvalue weighted by Crippen LogP contribution is 2.46. The maximum absolute atomic E-state index is 17.2. The highest BCUT2D eigenvalue weighted by atomic mass is 19.2. The summed E-state index contributed by atoms with van der Waals surface area (Å²) in [7, 11) is 0. The molecule has 17 aromatic rings. The SMILES string of the molecule is Cc1cc(F)cc(F)c1B(c1cc(-n2c3ccccc3c3c4c5cc(C(=O)c6ccccc6)ccc5n(-c5ccccc5)c4ccc32)cc(-n2c3ccc(C(=O)c4ccccc4)cc3c3c4c5ccccc5n(-c5ccccc5)c4ccc32)c1)c1c(F)cc(F)cc1F. The Labute approximate surface area is 528 Å². The van der Waals surface area contributed by atoms with Gasteiger partial charge in [-0.2, -0.15) is 0 Å². The molecule has 4 heterocycles. The van der Waals surface area contributed by atoms with Crippen LogP contribution in [0, 0.1) is 36.0 Å². The van der Waals surface area contributed by atoms with Gasteiger partial charge in [0.15, 0.2) is 11.6 Å². The number of carbonyl (C=O) groups is 2. The number of nitrogens with zero attached hydrogens (tertiary/aromatic N) is 4. The van der Waals surface area contributed by atoms with Gasteiger partial charge in [-0.1, -0.05) is 144 Å². The lowest BCUT2D eigenvalue weighted by Gasteiger charge is -2.23. The maximum Gasteiger partial charge on any atom is 0.253 e. The van der Waals surface area contributed by atoms with Crippen LogP contribution in [0.4, 0.5) is 22.0 Å². The third-order valence-electron chi connectivity index (χ3n) is 18.5. The minimum absolute atomic E-state index is 0.0661. The molecule has 0 amide bonds. The number of ketones is 2. The predicted octanol–water partition coefficient (Wildman–Crippen LogP) is 18.1. The Hall–Kier alpha value is -11.9. The molecule has 0 bridgehead atoms. The van der Waals surface area contributed by atoms with E-state index in [0.29, 0.717) is 62.9 Å². The van der Waals surface area contributed by atoms with Crippen molar-refractivity contribution in [3.63, 3.8) is 0 Å². The van der Waals surface area contributed by atoms with Crippen molar-refractivity contribution in [1.29, 1.82) is 0 Å². The Kier molecular flexibility index (Phi) is 12.7.